The molecule has 1 heterocycles. The van der Waals surface area contributed by atoms with Gasteiger partial charge in [-0.1, -0.05) is 11.6 Å². The molecule has 0 atom stereocenters. The van der Waals surface area contributed by atoms with Crippen LogP contribution in [0.25, 0.3) is 0 Å². The number of amides is 2. The average molecular weight is 498 g/mol. The van der Waals surface area contributed by atoms with Crippen molar-refractivity contribution in [1.29, 1.82) is 0 Å². The molecule has 1 saturated heterocycles. The van der Waals surface area contributed by atoms with Crippen LogP contribution in [-0.2, 0) is 14.8 Å². The van der Waals surface area contributed by atoms with Crippen LogP contribution in [0.3, 0.4) is 0 Å². The SMILES string of the molecule is CCOc1ccc(S(=O)(=O)NCCC(=O)N2CCN(C(=O)c3cc(Cl)ccc3F)CC2)cc1. The molecular weight excluding hydrogens is 473 g/mol. The minimum Gasteiger partial charge on any atom is -0.494 e. The van der Waals surface area contributed by atoms with Gasteiger partial charge in [-0.05, 0) is 49.4 Å². The molecule has 1 aliphatic rings. The number of benzene rings is 2. The molecule has 0 radical (unpaired) electrons. The van der Waals surface area contributed by atoms with Crippen molar-refractivity contribution in [3.05, 3.63) is 58.9 Å². The number of nitrogens with one attached hydrogen (secondary N) is 1. The number of halogens is 2. The minimum absolute atomic E-state index is 0.0207. The Morgan fingerprint density at radius 3 is 2.33 bits per heavy atom. The molecule has 0 saturated carbocycles. The first kappa shape index (κ1) is 24.9. The first-order chi connectivity index (χ1) is 15.7. The van der Waals surface area contributed by atoms with Gasteiger partial charge in [-0.25, -0.2) is 17.5 Å². The van der Waals surface area contributed by atoms with Crippen molar-refractivity contribution in [3.8, 4) is 5.75 Å². The molecule has 0 aliphatic carbocycles. The summed E-state index contributed by atoms with van der Waals surface area (Å²) >= 11 is 5.86. The predicted octanol–water partition coefficient (Wildman–Crippen LogP) is 2.53. The van der Waals surface area contributed by atoms with E-state index in [-0.39, 0.29) is 60.5 Å². The Bertz CT molecular complexity index is 1100. The number of hydrogen-bond acceptors (Lipinski definition) is 5. The van der Waals surface area contributed by atoms with Gasteiger partial charge in [0, 0.05) is 44.2 Å². The molecule has 2 aromatic rings. The largest absolute Gasteiger partial charge is 0.494 e. The van der Waals surface area contributed by atoms with Gasteiger partial charge in [-0.3, -0.25) is 9.59 Å². The van der Waals surface area contributed by atoms with Gasteiger partial charge in [0.05, 0.1) is 17.1 Å². The lowest BCUT2D eigenvalue weighted by Gasteiger charge is -2.35. The number of nitrogens with zero attached hydrogens (tertiary/aromatic N) is 2. The fraction of sp³-hybridized carbons (Fsp3) is 0.364. The molecule has 1 N–H and O–H groups in total. The van der Waals surface area contributed by atoms with Crippen LogP contribution in [0, 0.1) is 5.82 Å². The topological polar surface area (TPSA) is 96.0 Å². The predicted molar refractivity (Wildman–Crippen MR) is 121 cm³/mol. The van der Waals surface area contributed by atoms with Crippen LogP contribution in [0.2, 0.25) is 5.02 Å². The Balaban J connectivity index is 1.47. The smallest absolute Gasteiger partial charge is 0.257 e. The van der Waals surface area contributed by atoms with Crippen LogP contribution in [0.5, 0.6) is 5.75 Å². The quantitative estimate of drug-likeness (QED) is 0.604. The molecule has 11 heteroatoms. The van der Waals surface area contributed by atoms with E-state index in [9.17, 15) is 22.4 Å². The summed E-state index contributed by atoms with van der Waals surface area (Å²) in [5.41, 5.74) is -0.106. The van der Waals surface area contributed by atoms with Gasteiger partial charge in [0.25, 0.3) is 5.91 Å². The Morgan fingerprint density at radius 1 is 1.06 bits per heavy atom. The maximum absolute atomic E-state index is 14.0. The lowest BCUT2D eigenvalue weighted by Crippen LogP contribution is -2.51. The van der Waals surface area contributed by atoms with Crippen molar-refractivity contribution in [3.63, 3.8) is 0 Å². The van der Waals surface area contributed by atoms with Crippen molar-refractivity contribution in [2.45, 2.75) is 18.2 Å². The first-order valence-electron chi connectivity index (χ1n) is 10.5. The highest BCUT2D eigenvalue weighted by Crippen LogP contribution is 2.18. The number of carbonyl (C=O) groups is 2. The van der Waals surface area contributed by atoms with Gasteiger partial charge in [-0.15, -0.1) is 0 Å². The molecule has 33 heavy (non-hydrogen) atoms. The van der Waals surface area contributed by atoms with E-state index in [1.54, 1.807) is 17.0 Å². The molecule has 178 valence electrons. The van der Waals surface area contributed by atoms with Crippen LogP contribution in [0.1, 0.15) is 23.7 Å². The number of hydrogen-bond donors (Lipinski definition) is 1. The number of piperazine rings is 1. The standard InChI is InChI=1S/C22H25ClFN3O5S/c1-2-32-17-4-6-18(7-5-17)33(30,31)25-10-9-21(28)26-11-13-27(14-12-26)22(29)19-15-16(23)3-8-20(19)24/h3-8,15,25H,2,9-14H2,1H3. The van der Waals surface area contributed by atoms with E-state index in [1.807, 2.05) is 6.92 Å². The van der Waals surface area contributed by atoms with Crippen molar-refractivity contribution in [2.24, 2.45) is 0 Å². The third-order valence-corrected chi connectivity index (χ3v) is 6.87. The summed E-state index contributed by atoms with van der Waals surface area (Å²) in [6, 6.07) is 9.81. The molecule has 0 aromatic heterocycles. The van der Waals surface area contributed by atoms with Crippen molar-refractivity contribution < 1.29 is 27.1 Å². The van der Waals surface area contributed by atoms with Gasteiger partial charge in [0.2, 0.25) is 15.9 Å². The Kier molecular flexibility index (Phi) is 8.28. The fourth-order valence-corrected chi connectivity index (χ4v) is 4.61. The molecule has 1 aliphatic heterocycles. The van der Waals surface area contributed by atoms with Crippen LogP contribution < -0.4 is 9.46 Å². The monoisotopic (exact) mass is 497 g/mol. The van der Waals surface area contributed by atoms with E-state index in [0.29, 0.717) is 12.4 Å². The summed E-state index contributed by atoms with van der Waals surface area (Å²) < 4.78 is 46.5. The van der Waals surface area contributed by atoms with Crippen molar-refractivity contribution >= 4 is 33.4 Å². The lowest BCUT2D eigenvalue weighted by molar-refractivity contribution is -0.132. The second-order valence-corrected chi connectivity index (χ2v) is 9.55. The Morgan fingerprint density at radius 2 is 1.70 bits per heavy atom. The van der Waals surface area contributed by atoms with Crippen molar-refractivity contribution in [2.75, 3.05) is 39.3 Å². The molecule has 1 fully saturated rings. The number of carbonyl (C=O) groups excluding carboxylic acids is 2. The molecule has 0 unspecified atom stereocenters. The van der Waals surface area contributed by atoms with Crippen LogP contribution >= 0.6 is 11.6 Å². The maximum Gasteiger partial charge on any atom is 0.257 e. The summed E-state index contributed by atoms with van der Waals surface area (Å²) in [7, 11) is -3.75. The summed E-state index contributed by atoms with van der Waals surface area (Å²) in [5.74, 6) is -0.791. The van der Waals surface area contributed by atoms with E-state index < -0.39 is 21.7 Å². The summed E-state index contributed by atoms with van der Waals surface area (Å²) in [5, 5.41) is 0.265. The maximum atomic E-state index is 14.0. The third-order valence-electron chi connectivity index (χ3n) is 5.15. The van der Waals surface area contributed by atoms with Crippen molar-refractivity contribution in [1.82, 2.24) is 14.5 Å². The molecule has 2 amide bonds. The van der Waals surface area contributed by atoms with E-state index in [0.717, 1.165) is 6.07 Å². The molecule has 3 rings (SSSR count). The van der Waals surface area contributed by atoms with Crippen LogP contribution in [0.4, 0.5) is 4.39 Å². The summed E-state index contributed by atoms with van der Waals surface area (Å²) in [4.78, 5) is 28.1. The Hall–Kier alpha value is -2.69. The highest BCUT2D eigenvalue weighted by atomic mass is 35.5. The van der Waals surface area contributed by atoms with E-state index in [2.05, 4.69) is 4.72 Å². The Labute approximate surface area is 197 Å². The van der Waals surface area contributed by atoms with Crippen LogP contribution in [-0.4, -0.2) is 69.4 Å². The number of sulfonamides is 1. The molecule has 0 bridgehead atoms. The highest BCUT2D eigenvalue weighted by molar-refractivity contribution is 7.89. The molecule has 2 aromatic carbocycles. The first-order valence-corrected chi connectivity index (χ1v) is 12.3. The summed E-state index contributed by atoms with van der Waals surface area (Å²) in [6.07, 6.45) is -0.0207. The average Bonchev–Trinajstić information content (AvgIpc) is 2.80. The zero-order chi connectivity index (χ0) is 24.0. The zero-order valence-electron chi connectivity index (χ0n) is 18.1. The normalized spacial score (nSPS) is 14.3. The molecule has 0 spiro atoms. The number of rotatable bonds is 8. The molecule has 8 nitrogen and oxygen atoms in total. The van der Waals surface area contributed by atoms with Crippen LogP contribution in [0.15, 0.2) is 47.4 Å². The molecular formula is C22H25ClFN3O5S. The van der Waals surface area contributed by atoms with E-state index in [1.165, 1.54) is 29.2 Å². The lowest BCUT2D eigenvalue weighted by atomic mass is 10.1. The fourth-order valence-electron chi connectivity index (χ4n) is 3.41. The van der Waals surface area contributed by atoms with E-state index >= 15 is 0 Å². The number of ether oxygens (including phenoxy) is 1. The second-order valence-electron chi connectivity index (χ2n) is 7.35. The van der Waals surface area contributed by atoms with Gasteiger partial charge in [-0.2, -0.15) is 0 Å². The third kappa shape index (κ3) is 6.43. The minimum atomic E-state index is -3.75. The summed E-state index contributed by atoms with van der Waals surface area (Å²) in [6.45, 7) is 3.30. The van der Waals surface area contributed by atoms with Gasteiger partial charge >= 0.3 is 0 Å². The van der Waals surface area contributed by atoms with Gasteiger partial charge in [0.15, 0.2) is 0 Å². The second kappa shape index (κ2) is 11.0. The van der Waals surface area contributed by atoms with Gasteiger partial charge in [0.1, 0.15) is 11.6 Å². The van der Waals surface area contributed by atoms with E-state index in [4.69, 9.17) is 16.3 Å². The highest BCUT2D eigenvalue weighted by Gasteiger charge is 2.26. The zero-order valence-corrected chi connectivity index (χ0v) is 19.7. The van der Waals surface area contributed by atoms with Gasteiger partial charge < -0.3 is 14.5 Å².